The summed E-state index contributed by atoms with van der Waals surface area (Å²) in [5, 5.41) is 3.59. The van der Waals surface area contributed by atoms with Gasteiger partial charge in [0.2, 0.25) is 0 Å². The molecule has 2 heteroatoms. The summed E-state index contributed by atoms with van der Waals surface area (Å²) >= 11 is 0. The first kappa shape index (κ1) is 17.0. The van der Waals surface area contributed by atoms with Crippen LogP contribution in [0.2, 0.25) is 0 Å². The van der Waals surface area contributed by atoms with Gasteiger partial charge >= 0.3 is 0 Å². The van der Waals surface area contributed by atoms with Gasteiger partial charge in [-0.1, -0.05) is 45.7 Å². The summed E-state index contributed by atoms with van der Waals surface area (Å²) in [6, 6.07) is 6.68. The van der Waals surface area contributed by atoms with E-state index in [9.17, 15) is 0 Å². The summed E-state index contributed by atoms with van der Waals surface area (Å²) in [4.78, 5) is 0. The van der Waals surface area contributed by atoms with Crippen LogP contribution >= 0.6 is 0 Å². The zero-order chi connectivity index (χ0) is 15.0. The fourth-order valence-corrected chi connectivity index (χ4v) is 2.92. The Morgan fingerprint density at radius 3 is 2.40 bits per heavy atom. The summed E-state index contributed by atoms with van der Waals surface area (Å²) in [7, 11) is 1.76. The Kier molecular flexibility index (Phi) is 7.68. The summed E-state index contributed by atoms with van der Waals surface area (Å²) in [5.74, 6) is 2.31. The maximum Gasteiger partial charge on any atom is 0.122 e. The van der Waals surface area contributed by atoms with Gasteiger partial charge in [0.1, 0.15) is 5.75 Å². The van der Waals surface area contributed by atoms with Crippen LogP contribution in [-0.2, 0) is 0 Å². The van der Waals surface area contributed by atoms with Gasteiger partial charge in [0.25, 0.3) is 0 Å². The van der Waals surface area contributed by atoms with Crippen molar-refractivity contribution in [2.24, 2.45) is 5.92 Å². The van der Waals surface area contributed by atoms with E-state index in [-0.39, 0.29) is 0 Å². The number of hydrogen-bond acceptors (Lipinski definition) is 2. The molecule has 0 fully saturated rings. The van der Waals surface area contributed by atoms with Crippen molar-refractivity contribution in [1.82, 2.24) is 5.32 Å². The molecular weight excluding hydrogens is 246 g/mol. The molecule has 1 aromatic carbocycles. The second kappa shape index (κ2) is 9.02. The summed E-state index contributed by atoms with van der Waals surface area (Å²) < 4.78 is 5.49. The molecule has 1 unspecified atom stereocenters. The van der Waals surface area contributed by atoms with Gasteiger partial charge in [0.15, 0.2) is 0 Å². The van der Waals surface area contributed by atoms with Crippen LogP contribution in [0.25, 0.3) is 0 Å². The number of rotatable bonds is 9. The maximum atomic E-state index is 5.49. The van der Waals surface area contributed by atoms with E-state index < -0.39 is 0 Å². The van der Waals surface area contributed by atoms with Crippen molar-refractivity contribution in [2.75, 3.05) is 20.2 Å². The lowest BCUT2D eigenvalue weighted by atomic mass is 9.82. The molecule has 2 nitrogen and oxygen atoms in total. The van der Waals surface area contributed by atoms with E-state index in [1.165, 1.54) is 30.4 Å². The quantitative estimate of drug-likeness (QED) is 0.670. The van der Waals surface area contributed by atoms with Crippen LogP contribution in [0, 0.1) is 12.8 Å². The van der Waals surface area contributed by atoms with Crippen molar-refractivity contribution < 1.29 is 4.74 Å². The van der Waals surface area contributed by atoms with E-state index >= 15 is 0 Å². The molecule has 0 radical (unpaired) electrons. The normalized spacial score (nSPS) is 12.7. The van der Waals surface area contributed by atoms with Crippen molar-refractivity contribution in [3.05, 3.63) is 29.3 Å². The Labute approximate surface area is 124 Å². The number of methoxy groups -OCH3 is 1. The van der Waals surface area contributed by atoms with Crippen molar-refractivity contribution in [3.63, 3.8) is 0 Å². The minimum atomic E-state index is 0.575. The molecule has 0 spiro atoms. The molecule has 1 atom stereocenters. The predicted octanol–water partition coefficient (Wildman–Crippen LogP) is 4.52. The fourth-order valence-electron chi connectivity index (χ4n) is 2.92. The topological polar surface area (TPSA) is 21.3 Å². The molecule has 0 amide bonds. The third kappa shape index (κ3) is 4.52. The fraction of sp³-hybridized carbons (Fsp3) is 0.667. The molecule has 20 heavy (non-hydrogen) atoms. The summed E-state index contributed by atoms with van der Waals surface area (Å²) in [6.07, 6.45) is 3.64. The first-order valence-corrected chi connectivity index (χ1v) is 8.03. The largest absolute Gasteiger partial charge is 0.496 e. The number of hydrogen-bond donors (Lipinski definition) is 1. The molecule has 1 aromatic rings. The minimum Gasteiger partial charge on any atom is -0.496 e. The molecule has 0 aliphatic carbocycles. The highest BCUT2D eigenvalue weighted by atomic mass is 16.5. The van der Waals surface area contributed by atoms with Crippen molar-refractivity contribution in [2.45, 2.75) is 52.9 Å². The van der Waals surface area contributed by atoms with Crippen molar-refractivity contribution >= 4 is 0 Å². The molecule has 0 aliphatic heterocycles. The molecule has 0 bridgehead atoms. The summed E-state index contributed by atoms with van der Waals surface area (Å²) in [5.41, 5.74) is 2.62. The van der Waals surface area contributed by atoms with Crippen LogP contribution in [-0.4, -0.2) is 20.2 Å². The van der Waals surface area contributed by atoms with Crippen molar-refractivity contribution in [1.29, 1.82) is 0 Å². The Morgan fingerprint density at radius 2 is 1.85 bits per heavy atom. The Balaban J connectivity index is 2.96. The third-order valence-corrected chi connectivity index (χ3v) is 4.27. The van der Waals surface area contributed by atoms with Crippen molar-refractivity contribution in [3.8, 4) is 5.75 Å². The van der Waals surface area contributed by atoms with Gasteiger partial charge in [0, 0.05) is 6.54 Å². The molecule has 0 saturated heterocycles. The SMILES string of the molecule is CCCNCC(c1ccc(C)c(OC)c1)C(CC)CC. The van der Waals surface area contributed by atoms with E-state index in [4.69, 9.17) is 4.74 Å². The number of aryl methyl sites for hydroxylation is 1. The Bertz CT molecular complexity index is 385. The maximum absolute atomic E-state index is 5.49. The first-order chi connectivity index (χ1) is 9.67. The third-order valence-electron chi connectivity index (χ3n) is 4.27. The van der Waals surface area contributed by atoms with E-state index in [1.54, 1.807) is 7.11 Å². The molecule has 0 aliphatic rings. The summed E-state index contributed by atoms with van der Waals surface area (Å²) in [6.45, 7) is 11.1. The Morgan fingerprint density at radius 1 is 1.15 bits per heavy atom. The first-order valence-electron chi connectivity index (χ1n) is 8.03. The molecule has 0 aromatic heterocycles. The van der Waals surface area contributed by atoms with Crippen LogP contribution < -0.4 is 10.1 Å². The van der Waals surface area contributed by atoms with E-state index in [1.807, 2.05) is 0 Å². The van der Waals surface area contributed by atoms with Crippen LogP contribution in [0.4, 0.5) is 0 Å². The van der Waals surface area contributed by atoms with E-state index in [2.05, 4.69) is 51.2 Å². The highest BCUT2D eigenvalue weighted by Crippen LogP contribution is 2.32. The Hall–Kier alpha value is -1.02. The highest BCUT2D eigenvalue weighted by Gasteiger charge is 2.21. The van der Waals surface area contributed by atoms with Crippen LogP contribution in [0.3, 0.4) is 0 Å². The highest BCUT2D eigenvalue weighted by molar-refractivity contribution is 5.38. The molecule has 1 rings (SSSR count). The van der Waals surface area contributed by atoms with Gasteiger partial charge in [-0.15, -0.1) is 0 Å². The van der Waals surface area contributed by atoms with Gasteiger partial charge in [0.05, 0.1) is 7.11 Å². The lowest BCUT2D eigenvalue weighted by molar-refractivity contribution is 0.375. The predicted molar refractivity (Wildman–Crippen MR) is 87.7 cm³/mol. The molecule has 0 saturated carbocycles. The lowest BCUT2D eigenvalue weighted by Crippen LogP contribution is -2.27. The average molecular weight is 277 g/mol. The van der Waals surface area contributed by atoms with Gasteiger partial charge in [-0.25, -0.2) is 0 Å². The standard InChI is InChI=1S/C18H31NO/c1-6-11-19-13-17(15(7-2)8-3)16-10-9-14(4)18(12-16)20-5/h9-10,12,15,17,19H,6-8,11,13H2,1-5H3. The van der Waals surface area contributed by atoms with E-state index in [0.717, 1.165) is 24.8 Å². The van der Waals surface area contributed by atoms with Crippen LogP contribution in [0.15, 0.2) is 18.2 Å². The smallest absolute Gasteiger partial charge is 0.122 e. The number of benzene rings is 1. The van der Waals surface area contributed by atoms with Crippen LogP contribution in [0.5, 0.6) is 5.75 Å². The van der Waals surface area contributed by atoms with Crippen LogP contribution in [0.1, 0.15) is 57.1 Å². The van der Waals surface area contributed by atoms with Gasteiger partial charge in [-0.05, 0) is 48.9 Å². The number of nitrogens with one attached hydrogen (secondary N) is 1. The molecular formula is C18H31NO. The second-order valence-corrected chi connectivity index (χ2v) is 5.62. The zero-order valence-electron chi connectivity index (χ0n) is 13.8. The lowest BCUT2D eigenvalue weighted by Gasteiger charge is -2.27. The van der Waals surface area contributed by atoms with Gasteiger partial charge in [-0.3, -0.25) is 0 Å². The van der Waals surface area contributed by atoms with Gasteiger partial charge in [-0.2, -0.15) is 0 Å². The minimum absolute atomic E-state index is 0.575. The van der Waals surface area contributed by atoms with E-state index in [0.29, 0.717) is 5.92 Å². The zero-order valence-corrected chi connectivity index (χ0v) is 13.8. The molecule has 114 valence electrons. The molecule has 1 N–H and O–H groups in total. The number of ether oxygens (including phenoxy) is 1. The average Bonchev–Trinajstić information content (AvgIpc) is 2.47. The van der Waals surface area contributed by atoms with Gasteiger partial charge < -0.3 is 10.1 Å². The monoisotopic (exact) mass is 277 g/mol. The second-order valence-electron chi connectivity index (χ2n) is 5.62. The molecule has 0 heterocycles.